The molecule has 0 saturated heterocycles. The van der Waals surface area contributed by atoms with Gasteiger partial charge in [-0.3, -0.25) is 0 Å². The molecule has 1 unspecified atom stereocenters. The molecule has 2 heteroatoms. The molecule has 0 aliphatic carbocycles. The summed E-state index contributed by atoms with van der Waals surface area (Å²) >= 11 is 0. The quantitative estimate of drug-likeness (QED) is 0.844. The molecule has 0 aliphatic heterocycles. The minimum Gasteiger partial charge on any atom is -0.508 e. The highest BCUT2D eigenvalue weighted by Gasteiger charge is 2.06. The second-order valence-electron chi connectivity index (χ2n) is 4.78. The fourth-order valence-electron chi connectivity index (χ4n) is 2.06. The van der Waals surface area contributed by atoms with Gasteiger partial charge in [0, 0.05) is 11.7 Å². The van der Waals surface area contributed by atoms with Gasteiger partial charge in [0.25, 0.3) is 0 Å². The summed E-state index contributed by atoms with van der Waals surface area (Å²) in [6, 6.07) is 13.9. The minimum absolute atomic E-state index is 0.215. The van der Waals surface area contributed by atoms with Crippen LogP contribution in [-0.4, -0.2) is 5.11 Å². The first-order chi connectivity index (χ1) is 8.56. The molecule has 2 aromatic carbocycles. The highest BCUT2D eigenvalue weighted by Crippen LogP contribution is 2.23. The lowest BCUT2D eigenvalue weighted by Crippen LogP contribution is -2.07. The summed E-state index contributed by atoms with van der Waals surface area (Å²) in [7, 11) is 0. The van der Waals surface area contributed by atoms with Crippen molar-refractivity contribution in [3.05, 3.63) is 59.2 Å². The van der Waals surface area contributed by atoms with E-state index in [1.165, 1.54) is 11.1 Å². The second-order valence-corrected chi connectivity index (χ2v) is 4.78. The zero-order valence-corrected chi connectivity index (χ0v) is 11.1. The molecule has 0 bridgehead atoms. The Morgan fingerprint density at radius 3 is 2.28 bits per heavy atom. The van der Waals surface area contributed by atoms with E-state index in [4.69, 9.17) is 0 Å². The van der Waals surface area contributed by atoms with Crippen LogP contribution in [0, 0.1) is 13.8 Å². The largest absolute Gasteiger partial charge is 0.508 e. The Hall–Kier alpha value is -1.96. The van der Waals surface area contributed by atoms with Gasteiger partial charge < -0.3 is 10.4 Å². The van der Waals surface area contributed by atoms with Gasteiger partial charge in [0.2, 0.25) is 0 Å². The third kappa shape index (κ3) is 2.83. The lowest BCUT2D eigenvalue weighted by molar-refractivity contribution is 0.475. The van der Waals surface area contributed by atoms with Crippen LogP contribution in [0.2, 0.25) is 0 Å². The molecule has 0 radical (unpaired) electrons. The molecule has 2 nitrogen and oxygen atoms in total. The lowest BCUT2D eigenvalue weighted by atomic mass is 10.1. The molecule has 0 heterocycles. The molecule has 0 fully saturated rings. The third-order valence-corrected chi connectivity index (χ3v) is 3.15. The van der Waals surface area contributed by atoms with Crippen molar-refractivity contribution in [2.24, 2.45) is 0 Å². The molecule has 0 spiro atoms. The first kappa shape index (κ1) is 12.5. The summed E-state index contributed by atoms with van der Waals surface area (Å²) in [5, 5.41) is 12.8. The Balaban J connectivity index is 2.15. The number of hydrogen-bond acceptors (Lipinski definition) is 2. The number of nitrogens with one attached hydrogen (secondary N) is 1. The van der Waals surface area contributed by atoms with E-state index >= 15 is 0 Å². The van der Waals surface area contributed by atoms with E-state index in [9.17, 15) is 5.11 Å². The van der Waals surface area contributed by atoms with E-state index in [1.807, 2.05) is 12.1 Å². The Labute approximate surface area is 108 Å². The highest BCUT2D eigenvalue weighted by molar-refractivity contribution is 5.53. The van der Waals surface area contributed by atoms with Gasteiger partial charge in [0.05, 0.1) is 0 Å². The fraction of sp³-hybridized carbons (Fsp3) is 0.250. The maximum Gasteiger partial charge on any atom is 0.115 e. The van der Waals surface area contributed by atoms with Crippen molar-refractivity contribution in [3.63, 3.8) is 0 Å². The number of phenols is 1. The van der Waals surface area contributed by atoms with Gasteiger partial charge in [-0.2, -0.15) is 0 Å². The van der Waals surface area contributed by atoms with Crippen molar-refractivity contribution in [2.45, 2.75) is 26.8 Å². The van der Waals surface area contributed by atoms with Gasteiger partial charge in [-0.05, 0) is 50.1 Å². The van der Waals surface area contributed by atoms with Crippen LogP contribution in [0.4, 0.5) is 5.69 Å². The standard InChI is InChI=1S/C16H19NO/c1-11-4-9-16(12(2)10-11)17-13(3)14-5-7-15(18)8-6-14/h4-10,13,17-18H,1-3H3. The fourth-order valence-corrected chi connectivity index (χ4v) is 2.06. The predicted octanol–water partition coefficient (Wildman–Crippen LogP) is 4.18. The smallest absolute Gasteiger partial charge is 0.115 e. The molecule has 1 atom stereocenters. The Bertz CT molecular complexity index is 531. The topological polar surface area (TPSA) is 32.3 Å². The third-order valence-electron chi connectivity index (χ3n) is 3.15. The number of rotatable bonds is 3. The van der Waals surface area contributed by atoms with Crippen molar-refractivity contribution in [2.75, 3.05) is 5.32 Å². The number of aryl methyl sites for hydroxylation is 2. The maximum absolute atomic E-state index is 9.28. The van der Waals surface area contributed by atoms with Gasteiger partial charge in [0.15, 0.2) is 0 Å². The molecule has 2 N–H and O–H groups in total. The van der Waals surface area contributed by atoms with Crippen molar-refractivity contribution < 1.29 is 5.11 Å². The van der Waals surface area contributed by atoms with Crippen molar-refractivity contribution >= 4 is 5.69 Å². The van der Waals surface area contributed by atoms with E-state index in [0.29, 0.717) is 5.75 Å². The average molecular weight is 241 g/mol. The van der Waals surface area contributed by atoms with Crippen LogP contribution in [0.1, 0.15) is 29.7 Å². The van der Waals surface area contributed by atoms with Crippen LogP contribution in [0.25, 0.3) is 0 Å². The number of hydrogen-bond donors (Lipinski definition) is 2. The summed E-state index contributed by atoms with van der Waals surface area (Å²) in [5.74, 6) is 0.303. The Morgan fingerprint density at radius 2 is 1.67 bits per heavy atom. The molecule has 0 aromatic heterocycles. The van der Waals surface area contributed by atoms with Crippen LogP contribution in [0.15, 0.2) is 42.5 Å². The second kappa shape index (κ2) is 5.13. The van der Waals surface area contributed by atoms with E-state index in [2.05, 4.69) is 44.3 Å². The van der Waals surface area contributed by atoms with Crippen molar-refractivity contribution in [3.8, 4) is 5.75 Å². The molecule has 94 valence electrons. The average Bonchev–Trinajstić information content (AvgIpc) is 2.33. The summed E-state index contributed by atoms with van der Waals surface area (Å²) in [4.78, 5) is 0. The molecular weight excluding hydrogens is 222 g/mol. The highest BCUT2D eigenvalue weighted by atomic mass is 16.3. The van der Waals surface area contributed by atoms with E-state index < -0.39 is 0 Å². The van der Waals surface area contributed by atoms with Gasteiger partial charge in [0.1, 0.15) is 5.75 Å². The molecule has 18 heavy (non-hydrogen) atoms. The van der Waals surface area contributed by atoms with Crippen molar-refractivity contribution in [1.82, 2.24) is 0 Å². The molecule has 0 aliphatic rings. The van der Waals surface area contributed by atoms with Gasteiger partial charge in [-0.15, -0.1) is 0 Å². The van der Waals surface area contributed by atoms with Gasteiger partial charge in [-0.25, -0.2) is 0 Å². The Morgan fingerprint density at radius 1 is 1.00 bits per heavy atom. The lowest BCUT2D eigenvalue weighted by Gasteiger charge is -2.18. The van der Waals surface area contributed by atoms with Crippen LogP contribution in [0.3, 0.4) is 0 Å². The number of aromatic hydroxyl groups is 1. The molecular formula is C16H19NO. The minimum atomic E-state index is 0.215. The number of benzene rings is 2. The van der Waals surface area contributed by atoms with Crippen LogP contribution in [0.5, 0.6) is 5.75 Å². The maximum atomic E-state index is 9.28. The molecule has 2 rings (SSSR count). The van der Waals surface area contributed by atoms with E-state index in [-0.39, 0.29) is 6.04 Å². The number of anilines is 1. The van der Waals surface area contributed by atoms with Crippen LogP contribution in [-0.2, 0) is 0 Å². The monoisotopic (exact) mass is 241 g/mol. The zero-order chi connectivity index (χ0) is 13.1. The molecule has 0 amide bonds. The predicted molar refractivity (Wildman–Crippen MR) is 76.1 cm³/mol. The summed E-state index contributed by atoms with van der Waals surface area (Å²) in [5.41, 5.74) is 4.84. The van der Waals surface area contributed by atoms with E-state index in [0.717, 1.165) is 11.3 Å². The van der Waals surface area contributed by atoms with Crippen LogP contribution >= 0.6 is 0 Å². The summed E-state index contributed by atoms with van der Waals surface area (Å²) in [6.07, 6.45) is 0. The zero-order valence-electron chi connectivity index (χ0n) is 11.1. The molecule has 0 saturated carbocycles. The van der Waals surface area contributed by atoms with Gasteiger partial charge in [-0.1, -0.05) is 29.8 Å². The first-order valence-corrected chi connectivity index (χ1v) is 6.19. The van der Waals surface area contributed by atoms with Crippen molar-refractivity contribution in [1.29, 1.82) is 0 Å². The SMILES string of the molecule is Cc1ccc(NC(C)c2ccc(O)cc2)c(C)c1. The van der Waals surface area contributed by atoms with Gasteiger partial charge >= 0.3 is 0 Å². The summed E-state index contributed by atoms with van der Waals surface area (Å²) in [6.45, 7) is 6.32. The Kier molecular flexibility index (Phi) is 3.56. The first-order valence-electron chi connectivity index (χ1n) is 6.19. The number of phenolic OH excluding ortho intramolecular Hbond substituents is 1. The summed E-state index contributed by atoms with van der Waals surface area (Å²) < 4.78 is 0. The van der Waals surface area contributed by atoms with E-state index in [1.54, 1.807) is 12.1 Å². The normalized spacial score (nSPS) is 12.2. The molecule has 2 aromatic rings. The van der Waals surface area contributed by atoms with Crippen LogP contribution < -0.4 is 5.32 Å².